The van der Waals surface area contributed by atoms with Gasteiger partial charge in [-0.3, -0.25) is 4.79 Å². The van der Waals surface area contributed by atoms with Crippen molar-refractivity contribution < 1.29 is 14.3 Å². The molecule has 2 aromatic rings. The summed E-state index contributed by atoms with van der Waals surface area (Å²) in [4.78, 5) is 13.4. The van der Waals surface area contributed by atoms with Crippen LogP contribution < -0.4 is 10.1 Å². The fourth-order valence-corrected chi connectivity index (χ4v) is 4.25. The van der Waals surface area contributed by atoms with Gasteiger partial charge in [-0.15, -0.1) is 0 Å². The SMILES string of the molecule is COC(C)(C)CCOc1ccc(NC(=O)C2(c3ccccc3)CCCCC2)cc1Cl. The molecule has 0 saturated heterocycles. The Morgan fingerprint density at radius 1 is 1.10 bits per heavy atom. The topological polar surface area (TPSA) is 47.6 Å². The highest BCUT2D eigenvalue weighted by Crippen LogP contribution is 2.40. The lowest BCUT2D eigenvalue weighted by Gasteiger charge is -2.36. The molecule has 0 atom stereocenters. The first-order chi connectivity index (χ1) is 14.4. The number of hydrogen-bond donors (Lipinski definition) is 1. The molecule has 4 nitrogen and oxygen atoms in total. The average molecular weight is 430 g/mol. The maximum atomic E-state index is 13.4. The van der Waals surface area contributed by atoms with Crippen molar-refractivity contribution >= 4 is 23.2 Å². The fourth-order valence-electron chi connectivity index (χ4n) is 4.01. The van der Waals surface area contributed by atoms with E-state index in [0.29, 0.717) is 23.1 Å². The molecule has 162 valence electrons. The smallest absolute Gasteiger partial charge is 0.235 e. The number of anilines is 1. The average Bonchev–Trinajstić information content (AvgIpc) is 2.76. The number of carbonyl (C=O) groups is 1. The van der Waals surface area contributed by atoms with Crippen LogP contribution in [0, 0.1) is 0 Å². The maximum absolute atomic E-state index is 13.4. The summed E-state index contributed by atoms with van der Waals surface area (Å²) in [5, 5.41) is 3.60. The van der Waals surface area contributed by atoms with Crippen LogP contribution in [0.4, 0.5) is 5.69 Å². The maximum Gasteiger partial charge on any atom is 0.235 e. The highest BCUT2D eigenvalue weighted by Gasteiger charge is 2.41. The molecule has 0 bridgehead atoms. The number of rotatable bonds is 8. The minimum atomic E-state index is -0.479. The molecular formula is C25H32ClNO3. The molecule has 0 unspecified atom stereocenters. The van der Waals surface area contributed by atoms with Crippen molar-refractivity contribution in [3.05, 3.63) is 59.1 Å². The lowest BCUT2D eigenvalue weighted by atomic mass is 9.68. The van der Waals surface area contributed by atoms with Crippen molar-refractivity contribution in [1.82, 2.24) is 0 Å². The van der Waals surface area contributed by atoms with E-state index >= 15 is 0 Å². The van der Waals surface area contributed by atoms with E-state index in [1.54, 1.807) is 13.2 Å². The standard InChI is InChI=1S/C25H32ClNO3/c1-24(2,29-3)16-17-30-22-13-12-20(18-21(22)26)27-23(28)25(14-8-5-9-15-25)19-10-6-4-7-11-19/h4,6-7,10-13,18H,5,8-9,14-17H2,1-3H3,(H,27,28). The van der Waals surface area contributed by atoms with Crippen LogP contribution >= 0.6 is 11.6 Å². The number of hydrogen-bond acceptors (Lipinski definition) is 3. The summed E-state index contributed by atoms with van der Waals surface area (Å²) < 4.78 is 11.2. The third-order valence-electron chi connectivity index (χ3n) is 6.17. The minimum Gasteiger partial charge on any atom is -0.492 e. The Balaban J connectivity index is 1.70. The monoisotopic (exact) mass is 429 g/mol. The van der Waals surface area contributed by atoms with Gasteiger partial charge in [0.1, 0.15) is 5.75 Å². The van der Waals surface area contributed by atoms with Crippen molar-refractivity contribution in [2.24, 2.45) is 0 Å². The van der Waals surface area contributed by atoms with E-state index in [1.807, 2.05) is 44.2 Å². The molecule has 1 N–H and O–H groups in total. The zero-order valence-electron chi connectivity index (χ0n) is 18.2. The van der Waals surface area contributed by atoms with Crippen molar-refractivity contribution in [2.45, 2.75) is 63.4 Å². The fraction of sp³-hybridized carbons (Fsp3) is 0.480. The molecule has 1 fully saturated rings. The van der Waals surface area contributed by atoms with E-state index in [0.717, 1.165) is 37.7 Å². The van der Waals surface area contributed by atoms with Crippen LogP contribution in [0.1, 0.15) is 57.9 Å². The molecule has 0 aliphatic heterocycles. The Labute approximate surface area is 184 Å². The number of benzene rings is 2. The van der Waals surface area contributed by atoms with Gasteiger partial charge >= 0.3 is 0 Å². The second-order valence-corrected chi connectivity index (χ2v) is 9.08. The lowest BCUT2D eigenvalue weighted by molar-refractivity contribution is -0.122. The van der Waals surface area contributed by atoms with Crippen molar-refractivity contribution in [3.8, 4) is 5.75 Å². The Morgan fingerprint density at radius 2 is 1.80 bits per heavy atom. The summed E-state index contributed by atoms with van der Waals surface area (Å²) >= 11 is 6.43. The Kier molecular flexibility index (Phi) is 7.43. The van der Waals surface area contributed by atoms with Crippen molar-refractivity contribution in [1.29, 1.82) is 0 Å². The summed E-state index contributed by atoms with van der Waals surface area (Å²) in [6, 6.07) is 15.6. The molecule has 0 aromatic heterocycles. The first-order valence-corrected chi connectivity index (χ1v) is 11.1. The Hall–Kier alpha value is -2.04. The highest BCUT2D eigenvalue weighted by molar-refractivity contribution is 6.32. The number of ether oxygens (including phenoxy) is 2. The first-order valence-electron chi connectivity index (χ1n) is 10.7. The number of nitrogens with one attached hydrogen (secondary N) is 1. The Morgan fingerprint density at radius 3 is 2.43 bits per heavy atom. The summed E-state index contributed by atoms with van der Waals surface area (Å²) in [5.74, 6) is 0.650. The van der Waals surface area contributed by atoms with Gasteiger partial charge in [0.05, 0.1) is 22.6 Å². The molecule has 1 aliphatic rings. The van der Waals surface area contributed by atoms with Crippen LogP contribution in [-0.4, -0.2) is 25.2 Å². The van der Waals surface area contributed by atoms with Crippen LogP contribution in [0.25, 0.3) is 0 Å². The predicted molar refractivity (Wildman–Crippen MR) is 122 cm³/mol. The van der Waals surface area contributed by atoms with Crippen LogP contribution in [0.15, 0.2) is 48.5 Å². The van der Waals surface area contributed by atoms with E-state index in [9.17, 15) is 4.79 Å². The zero-order chi connectivity index (χ0) is 21.6. The summed E-state index contributed by atoms with van der Waals surface area (Å²) in [6.45, 7) is 4.54. The van der Waals surface area contributed by atoms with Crippen LogP contribution in [0.2, 0.25) is 5.02 Å². The molecule has 30 heavy (non-hydrogen) atoms. The molecule has 2 aromatic carbocycles. The van der Waals surface area contributed by atoms with Gasteiger partial charge in [0.15, 0.2) is 0 Å². The second-order valence-electron chi connectivity index (χ2n) is 8.67. The van der Waals surface area contributed by atoms with Gasteiger partial charge in [-0.05, 0) is 50.5 Å². The summed E-state index contributed by atoms with van der Waals surface area (Å²) in [7, 11) is 1.69. The van der Waals surface area contributed by atoms with Gasteiger partial charge in [-0.25, -0.2) is 0 Å². The number of carbonyl (C=O) groups excluding carboxylic acids is 1. The van der Waals surface area contributed by atoms with Gasteiger partial charge in [0.2, 0.25) is 5.91 Å². The molecular weight excluding hydrogens is 398 g/mol. The Bertz CT molecular complexity index is 845. The van der Waals surface area contributed by atoms with E-state index in [-0.39, 0.29) is 11.5 Å². The molecule has 1 amide bonds. The molecule has 1 saturated carbocycles. The van der Waals surface area contributed by atoms with Gasteiger partial charge in [0.25, 0.3) is 0 Å². The van der Waals surface area contributed by atoms with E-state index in [2.05, 4.69) is 17.4 Å². The zero-order valence-corrected chi connectivity index (χ0v) is 18.9. The lowest BCUT2D eigenvalue weighted by Crippen LogP contribution is -2.42. The second kappa shape index (κ2) is 9.84. The van der Waals surface area contributed by atoms with E-state index in [4.69, 9.17) is 21.1 Å². The van der Waals surface area contributed by atoms with Gasteiger partial charge in [-0.2, -0.15) is 0 Å². The van der Waals surface area contributed by atoms with E-state index in [1.165, 1.54) is 6.42 Å². The van der Waals surface area contributed by atoms with Gasteiger partial charge < -0.3 is 14.8 Å². The molecule has 0 spiro atoms. The molecule has 3 rings (SSSR count). The van der Waals surface area contributed by atoms with Gasteiger partial charge in [0, 0.05) is 19.2 Å². The molecule has 1 aliphatic carbocycles. The normalized spacial score (nSPS) is 16.1. The third-order valence-corrected chi connectivity index (χ3v) is 6.47. The predicted octanol–water partition coefficient (Wildman–Crippen LogP) is 6.37. The van der Waals surface area contributed by atoms with Gasteiger partial charge in [-0.1, -0.05) is 61.2 Å². The summed E-state index contributed by atoms with van der Waals surface area (Å²) in [5.41, 5.74) is 1.06. The van der Waals surface area contributed by atoms with E-state index < -0.39 is 5.41 Å². The van der Waals surface area contributed by atoms with Crippen LogP contribution in [-0.2, 0) is 14.9 Å². The quantitative estimate of drug-likeness (QED) is 0.530. The highest BCUT2D eigenvalue weighted by atomic mass is 35.5. The minimum absolute atomic E-state index is 0.0416. The number of amides is 1. The van der Waals surface area contributed by atoms with Crippen LogP contribution in [0.5, 0.6) is 5.75 Å². The largest absolute Gasteiger partial charge is 0.492 e. The van der Waals surface area contributed by atoms with Crippen molar-refractivity contribution in [3.63, 3.8) is 0 Å². The number of methoxy groups -OCH3 is 1. The molecule has 0 heterocycles. The molecule has 5 heteroatoms. The van der Waals surface area contributed by atoms with Crippen LogP contribution in [0.3, 0.4) is 0 Å². The molecule has 0 radical (unpaired) electrons. The third kappa shape index (κ3) is 5.35. The first kappa shape index (κ1) is 22.6. The van der Waals surface area contributed by atoms with Crippen molar-refractivity contribution in [2.75, 3.05) is 19.0 Å². The summed E-state index contributed by atoms with van der Waals surface area (Å²) in [6.07, 6.45) is 5.79. The number of halogens is 1.